The maximum atomic E-state index is 12.7. The molecule has 26 heavy (non-hydrogen) atoms. The molecule has 0 fully saturated rings. The number of carbonyl (C=O) groups is 1. The van der Waals surface area contributed by atoms with Crippen LogP contribution in [0, 0.1) is 0 Å². The zero-order valence-corrected chi connectivity index (χ0v) is 15.3. The molecule has 0 unspecified atom stereocenters. The fourth-order valence-corrected chi connectivity index (χ4v) is 3.60. The molecule has 3 N–H and O–H groups in total. The van der Waals surface area contributed by atoms with Crippen LogP contribution in [-0.4, -0.2) is 46.3 Å². The second-order valence-corrected chi connectivity index (χ2v) is 7.30. The molecule has 8 heteroatoms. The van der Waals surface area contributed by atoms with Crippen molar-refractivity contribution in [2.24, 2.45) is 0 Å². The van der Waals surface area contributed by atoms with Gasteiger partial charge in [0.25, 0.3) is 0 Å². The second-order valence-electron chi connectivity index (χ2n) is 5.57. The number of sulfonamides is 1. The number of benzene rings is 2. The van der Waals surface area contributed by atoms with Gasteiger partial charge in [0.1, 0.15) is 4.90 Å². The molecule has 0 atom stereocenters. The Labute approximate surface area is 153 Å². The van der Waals surface area contributed by atoms with Gasteiger partial charge in [-0.25, -0.2) is 17.9 Å². The van der Waals surface area contributed by atoms with E-state index in [1.165, 1.54) is 19.2 Å². The first-order chi connectivity index (χ1) is 12.4. The number of anilines is 1. The SMILES string of the molecule is COCCNc1ccc(C(=O)O)cc1S(=O)(=O)NCCc1ccccc1. The Bertz CT molecular complexity index is 838. The predicted octanol–water partition coefficient (Wildman–Crippen LogP) is 1.96. The lowest BCUT2D eigenvalue weighted by Gasteiger charge is -2.14. The van der Waals surface area contributed by atoms with Crippen LogP contribution in [0.15, 0.2) is 53.4 Å². The zero-order valence-electron chi connectivity index (χ0n) is 14.4. The van der Waals surface area contributed by atoms with Crippen LogP contribution < -0.4 is 10.0 Å². The van der Waals surface area contributed by atoms with Crippen LogP contribution in [0.25, 0.3) is 0 Å². The number of nitrogens with one attached hydrogen (secondary N) is 2. The standard InChI is InChI=1S/C18H22N2O5S/c1-25-12-11-19-16-8-7-15(18(21)22)13-17(16)26(23,24)20-10-9-14-5-3-2-4-6-14/h2-8,13,19-20H,9-12H2,1H3,(H,21,22). The lowest BCUT2D eigenvalue weighted by molar-refractivity contribution is 0.0696. The maximum absolute atomic E-state index is 12.7. The summed E-state index contributed by atoms with van der Waals surface area (Å²) in [5.74, 6) is -1.19. The van der Waals surface area contributed by atoms with E-state index in [2.05, 4.69) is 10.0 Å². The lowest BCUT2D eigenvalue weighted by Crippen LogP contribution is -2.27. The molecule has 0 aromatic heterocycles. The molecule has 0 radical (unpaired) electrons. The molecular weight excluding hydrogens is 356 g/mol. The summed E-state index contributed by atoms with van der Waals surface area (Å²) in [6.07, 6.45) is 0.533. The van der Waals surface area contributed by atoms with E-state index in [0.29, 0.717) is 25.3 Å². The summed E-state index contributed by atoms with van der Waals surface area (Å²) >= 11 is 0. The number of methoxy groups -OCH3 is 1. The number of rotatable bonds is 10. The van der Waals surface area contributed by atoms with Crippen molar-refractivity contribution in [1.29, 1.82) is 0 Å². The van der Waals surface area contributed by atoms with Gasteiger partial charge in [0, 0.05) is 20.2 Å². The molecule has 0 amide bonds. The van der Waals surface area contributed by atoms with Gasteiger partial charge in [-0.1, -0.05) is 30.3 Å². The number of carboxylic acids is 1. The van der Waals surface area contributed by atoms with Crippen LogP contribution in [0.4, 0.5) is 5.69 Å². The maximum Gasteiger partial charge on any atom is 0.335 e. The molecule has 0 spiro atoms. The van der Waals surface area contributed by atoms with Crippen molar-refractivity contribution in [2.45, 2.75) is 11.3 Å². The van der Waals surface area contributed by atoms with Crippen LogP contribution in [0.3, 0.4) is 0 Å². The van der Waals surface area contributed by atoms with Gasteiger partial charge in [-0.15, -0.1) is 0 Å². The summed E-state index contributed by atoms with van der Waals surface area (Å²) in [7, 11) is -2.33. The molecule has 140 valence electrons. The van der Waals surface area contributed by atoms with Crippen molar-refractivity contribution >= 4 is 21.7 Å². The molecule has 0 saturated heterocycles. The molecule has 0 saturated carbocycles. The van der Waals surface area contributed by atoms with Gasteiger partial charge in [-0.05, 0) is 30.2 Å². The van der Waals surface area contributed by atoms with E-state index < -0.39 is 16.0 Å². The summed E-state index contributed by atoms with van der Waals surface area (Å²) < 4.78 is 32.8. The monoisotopic (exact) mass is 378 g/mol. The van der Waals surface area contributed by atoms with Gasteiger partial charge in [0.15, 0.2) is 0 Å². The number of aromatic carboxylic acids is 1. The number of ether oxygens (including phenoxy) is 1. The van der Waals surface area contributed by atoms with Crippen molar-refractivity contribution < 1.29 is 23.1 Å². The minimum absolute atomic E-state index is 0.0919. The van der Waals surface area contributed by atoms with Gasteiger partial charge in [-0.2, -0.15) is 0 Å². The van der Waals surface area contributed by atoms with E-state index in [1.54, 1.807) is 0 Å². The smallest absolute Gasteiger partial charge is 0.335 e. The van der Waals surface area contributed by atoms with Gasteiger partial charge < -0.3 is 15.2 Å². The quantitative estimate of drug-likeness (QED) is 0.546. The third-order valence-electron chi connectivity index (χ3n) is 3.69. The van der Waals surface area contributed by atoms with Crippen molar-refractivity contribution in [3.8, 4) is 0 Å². The van der Waals surface area contributed by atoms with E-state index in [9.17, 15) is 13.2 Å². The van der Waals surface area contributed by atoms with Crippen molar-refractivity contribution in [1.82, 2.24) is 4.72 Å². The molecule has 0 bridgehead atoms. The molecule has 0 aliphatic rings. The minimum Gasteiger partial charge on any atom is -0.478 e. The first kappa shape index (κ1) is 19.9. The largest absolute Gasteiger partial charge is 0.478 e. The van der Waals surface area contributed by atoms with E-state index >= 15 is 0 Å². The fraction of sp³-hybridized carbons (Fsp3) is 0.278. The van der Waals surface area contributed by atoms with Crippen molar-refractivity contribution in [3.63, 3.8) is 0 Å². The van der Waals surface area contributed by atoms with E-state index in [0.717, 1.165) is 11.6 Å². The third-order valence-corrected chi connectivity index (χ3v) is 5.19. The average Bonchev–Trinajstić information content (AvgIpc) is 2.62. The molecule has 2 aromatic rings. The molecular formula is C18H22N2O5S. The van der Waals surface area contributed by atoms with Crippen LogP contribution in [0.2, 0.25) is 0 Å². The highest BCUT2D eigenvalue weighted by Crippen LogP contribution is 2.23. The highest BCUT2D eigenvalue weighted by Gasteiger charge is 2.20. The summed E-state index contributed by atoms with van der Waals surface area (Å²) in [5.41, 5.74) is 1.25. The number of hydrogen-bond acceptors (Lipinski definition) is 5. The van der Waals surface area contributed by atoms with E-state index in [4.69, 9.17) is 9.84 Å². The van der Waals surface area contributed by atoms with E-state index in [-0.39, 0.29) is 17.0 Å². The minimum atomic E-state index is -3.87. The normalized spacial score (nSPS) is 11.3. The Kier molecular flexibility index (Phi) is 7.14. The third kappa shape index (κ3) is 5.55. The van der Waals surface area contributed by atoms with Gasteiger partial charge in [0.2, 0.25) is 10.0 Å². The van der Waals surface area contributed by atoms with Crippen molar-refractivity contribution in [3.05, 3.63) is 59.7 Å². The Morgan fingerprint density at radius 3 is 2.50 bits per heavy atom. The summed E-state index contributed by atoms with van der Waals surface area (Å²) in [6, 6.07) is 13.5. The summed E-state index contributed by atoms with van der Waals surface area (Å²) in [5, 5.41) is 12.1. The molecule has 0 aliphatic carbocycles. The molecule has 2 rings (SSSR count). The second kappa shape index (κ2) is 9.33. The van der Waals surface area contributed by atoms with Gasteiger partial charge in [-0.3, -0.25) is 0 Å². The van der Waals surface area contributed by atoms with Gasteiger partial charge >= 0.3 is 5.97 Å². The lowest BCUT2D eigenvalue weighted by atomic mass is 10.2. The Morgan fingerprint density at radius 1 is 1.12 bits per heavy atom. The first-order valence-electron chi connectivity index (χ1n) is 8.08. The Balaban J connectivity index is 2.18. The Morgan fingerprint density at radius 2 is 1.85 bits per heavy atom. The van der Waals surface area contributed by atoms with Crippen LogP contribution in [0.1, 0.15) is 15.9 Å². The first-order valence-corrected chi connectivity index (χ1v) is 9.56. The van der Waals surface area contributed by atoms with Crippen molar-refractivity contribution in [2.75, 3.05) is 32.1 Å². The number of carboxylic acid groups (broad SMARTS) is 1. The zero-order chi connectivity index (χ0) is 19.0. The molecule has 2 aromatic carbocycles. The van der Waals surface area contributed by atoms with E-state index in [1.807, 2.05) is 30.3 Å². The molecule has 7 nitrogen and oxygen atoms in total. The fourth-order valence-electron chi connectivity index (χ4n) is 2.36. The predicted molar refractivity (Wildman–Crippen MR) is 99.1 cm³/mol. The Hall–Kier alpha value is -2.42. The van der Waals surface area contributed by atoms with Crippen LogP contribution in [-0.2, 0) is 21.2 Å². The highest BCUT2D eigenvalue weighted by atomic mass is 32.2. The van der Waals surface area contributed by atoms with Gasteiger partial charge in [0.05, 0.1) is 17.9 Å². The molecule has 0 heterocycles. The highest BCUT2D eigenvalue weighted by molar-refractivity contribution is 7.89. The summed E-state index contributed by atoms with van der Waals surface area (Å²) in [6.45, 7) is 0.998. The summed E-state index contributed by atoms with van der Waals surface area (Å²) in [4.78, 5) is 11.1. The molecule has 0 aliphatic heterocycles. The average molecular weight is 378 g/mol. The number of hydrogen-bond donors (Lipinski definition) is 3. The van der Waals surface area contributed by atoms with Crippen LogP contribution >= 0.6 is 0 Å². The topological polar surface area (TPSA) is 105 Å². The van der Waals surface area contributed by atoms with Crippen LogP contribution in [0.5, 0.6) is 0 Å².